The van der Waals surface area contributed by atoms with E-state index in [1.807, 2.05) is 0 Å². The summed E-state index contributed by atoms with van der Waals surface area (Å²) in [6.07, 6.45) is -1.27. The molecule has 0 saturated carbocycles. The maximum atomic E-state index is 13.6. The fraction of sp³-hybridized carbons (Fsp3) is 0.441. The number of nitrogen functional groups attached to an aromatic ring is 1. The number of aromatic nitrogens is 3. The van der Waals surface area contributed by atoms with Crippen molar-refractivity contribution >= 4 is 74.3 Å². The first-order valence-electron chi connectivity index (χ1n) is 17.4. The molecule has 2 bridgehead atoms. The van der Waals surface area contributed by atoms with Crippen LogP contribution in [0.5, 0.6) is 11.5 Å². The Balaban J connectivity index is 1.05. The number of H-pyrrole nitrogens is 1. The van der Waals surface area contributed by atoms with Crippen molar-refractivity contribution in [3.05, 3.63) is 55.2 Å². The zero-order chi connectivity index (χ0) is 40.3. The smallest absolute Gasteiger partial charge is 0.352 e. The first-order chi connectivity index (χ1) is 26.5. The van der Waals surface area contributed by atoms with Crippen LogP contribution in [-0.4, -0.2) is 128 Å². The van der Waals surface area contributed by atoms with Gasteiger partial charge in [-0.3, -0.25) is 34.0 Å². The Morgan fingerprint density at radius 2 is 1.71 bits per heavy atom. The van der Waals surface area contributed by atoms with Gasteiger partial charge in [-0.15, -0.1) is 23.1 Å². The fourth-order valence-corrected chi connectivity index (χ4v) is 10.0. The number of anilines is 1. The van der Waals surface area contributed by atoms with Gasteiger partial charge in [0.25, 0.3) is 11.1 Å². The zero-order valence-electron chi connectivity index (χ0n) is 29.4. The lowest BCUT2D eigenvalue weighted by molar-refractivity contribution is -0.941. The number of ketones is 1. The van der Waals surface area contributed by atoms with E-state index in [1.54, 1.807) is 0 Å². The number of oxime groups is 1. The van der Waals surface area contributed by atoms with Gasteiger partial charge in [0.1, 0.15) is 17.9 Å². The molecule has 1 amide bonds. The second-order valence-corrected chi connectivity index (χ2v) is 16.6. The number of Topliss-reactive ketones (excluding diaryl/α,β-unsaturated/α-hetero) is 1. The number of phenols is 2. The molecule has 5 aliphatic heterocycles. The van der Waals surface area contributed by atoms with Crippen molar-refractivity contribution in [2.24, 2.45) is 16.5 Å². The second-order valence-electron chi connectivity index (χ2n) is 14.6. The number of rotatable bonds is 14. The number of benzene rings is 1. The quantitative estimate of drug-likeness (QED) is 0.0379. The average molecular weight is 815 g/mol. The molecule has 5 aliphatic rings. The first-order valence-corrected chi connectivity index (χ1v) is 19.3. The summed E-state index contributed by atoms with van der Waals surface area (Å²) in [5.74, 6) is -7.44. The molecule has 22 heteroatoms. The highest BCUT2D eigenvalue weighted by Gasteiger charge is 2.56. The Morgan fingerprint density at radius 1 is 1.05 bits per heavy atom. The molecule has 2 aromatic heterocycles. The number of carbonyl (C=O) groups is 5. The van der Waals surface area contributed by atoms with Crippen LogP contribution in [0.2, 0.25) is 0 Å². The average Bonchev–Trinajstić information content (AvgIpc) is 3.58. The van der Waals surface area contributed by atoms with Crippen molar-refractivity contribution in [1.82, 2.24) is 19.7 Å². The lowest BCUT2D eigenvalue weighted by Crippen LogP contribution is -2.65. The Hall–Kier alpha value is -5.74. The summed E-state index contributed by atoms with van der Waals surface area (Å²) in [5.41, 5.74) is 4.25. The normalized spacial score (nSPS) is 25.1. The summed E-state index contributed by atoms with van der Waals surface area (Å²) >= 11 is 2.28. The minimum absolute atomic E-state index is 0.0142. The predicted octanol–water partition coefficient (Wildman–Crippen LogP) is 0.318. The number of carbonyl (C=O) groups excluding carboxylic acids is 2. The van der Waals surface area contributed by atoms with Crippen LogP contribution in [0.25, 0.3) is 10.8 Å². The van der Waals surface area contributed by atoms with E-state index in [1.165, 1.54) is 26.7 Å². The standard InChI is InChI=1S/C34H35N7O13S2/c35-33-36-19(13-56-33)25(38-54-23(31(50)51)10-24(45)46)22(44)9-18-29(49)40-26(32(52)53)15(12-55-30(18)40)11-41-4-1-34(2-5-41,3-6-41)14-39-28(48)17-8-21(43)20(42)7-16(17)27(47)37-39/h7-8,13,18,23,30H,1-6,9-12,14H2,(H7-,35,36,37,38,42,43,44,45,46,47,48,50,51,52,53)/p+1/t18-,23+,30-,34?,41?/m1/s1. The van der Waals surface area contributed by atoms with Crippen molar-refractivity contribution in [3.8, 4) is 11.5 Å². The monoisotopic (exact) mass is 814 g/mol. The number of nitrogens with one attached hydrogen (secondary N) is 1. The number of hydrogen-bond donors (Lipinski definition) is 7. The Labute approximate surface area is 323 Å². The van der Waals surface area contributed by atoms with Crippen LogP contribution in [0.15, 0.2) is 43.5 Å². The van der Waals surface area contributed by atoms with Gasteiger partial charge in [0.05, 0.1) is 48.1 Å². The van der Waals surface area contributed by atoms with E-state index < -0.39 is 88.2 Å². The van der Waals surface area contributed by atoms with E-state index >= 15 is 0 Å². The SMILES string of the molecule is Nc1nc(/C(=N/O[C@@H](CC(=O)O)C(=O)O)C(=O)C[C@@H]2C(=O)N3C(C(=O)O)=C(C[N+]45CCC(Cn6[nH]c(=O)c7cc(O)c(O)cc7c6=O)(CC4)CC5)CS[C@H]23)cs1. The number of phenolic OH excluding ortho intramolecular Hbond substituents is 2. The molecule has 3 atom stereocenters. The number of aromatic hydroxyl groups is 2. The van der Waals surface area contributed by atoms with E-state index in [0.29, 0.717) is 55.5 Å². The summed E-state index contributed by atoms with van der Waals surface area (Å²) in [6, 6.07) is 2.13. The van der Waals surface area contributed by atoms with Gasteiger partial charge in [-0.2, -0.15) is 0 Å². The summed E-state index contributed by atoms with van der Waals surface area (Å²) in [5, 5.41) is 55.5. The van der Waals surface area contributed by atoms with Gasteiger partial charge in [0.2, 0.25) is 12.0 Å². The van der Waals surface area contributed by atoms with Crippen LogP contribution < -0.4 is 16.9 Å². The number of amides is 1. The molecule has 3 aromatic rings. The number of carboxylic acid groups (broad SMARTS) is 3. The van der Waals surface area contributed by atoms with Gasteiger partial charge in [-0.05, 0) is 12.1 Å². The molecule has 20 nitrogen and oxygen atoms in total. The van der Waals surface area contributed by atoms with E-state index in [0.717, 1.165) is 23.5 Å². The number of quaternary nitrogens is 1. The maximum Gasteiger partial charge on any atom is 0.352 e. The molecule has 4 fully saturated rings. The third-order valence-corrected chi connectivity index (χ3v) is 13.2. The Bertz CT molecular complexity index is 2360. The molecule has 0 spiro atoms. The van der Waals surface area contributed by atoms with Crippen molar-refractivity contribution in [2.45, 2.75) is 50.1 Å². The van der Waals surface area contributed by atoms with E-state index in [9.17, 15) is 54.0 Å². The number of aromatic amines is 1. The topological polar surface area (TPSA) is 305 Å². The highest BCUT2D eigenvalue weighted by molar-refractivity contribution is 8.00. The number of aliphatic carboxylic acids is 3. The van der Waals surface area contributed by atoms with Gasteiger partial charge < -0.3 is 40.6 Å². The van der Waals surface area contributed by atoms with Gasteiger partial charge in [-0.25, -0.2) is 19.3 Å². The molecule has 8 rings (SSSR count). The highest BCUT2D eigenvalue weighted by atomic mass is 32.2. The molecule has 296 valence electrons. The van der Waals surface area contributed by atoms with Gasteiger partial charge in [0.15, 0.2) is 28.1 Å². The second kappa shape index (κ2) is 14.4. The van der Waals surface area contributed by atoms with Crippen LogP contribution in [0.3, 0.4) is 0 Å². The lowest BCUT2D eigenvalue weighted by Gasteiger charge is -2.56. The number of nitrogens with two attached hydrogens (primary N) is 1. The molecular formula is C34H36N7O13S2+. The van der Waals surface area contributed by atoms with Crippen LogP contribution >= 0.6 is 23.1 Å². The Kier molecular flexibility index (Phi) is 9.91. The van der Waals surface area contributed by atoms with Crippen molar-refractivity contribution < 1.29 is 58.8 Å². The molecule has 1 aromatic carbocycles. The van der Waals surface area contributed by atoms with Crippen LogP contribution in [0, 0.1) is 11.3 Å². The maximum absolute atomic E-state index is 13.6. The largest absolute Gasteiger partial charge is 0.504 e. The van der Waals surface area contributed by atoms with Crippen molar-refractivity contribution in [1.29, 1.82) is 0 Å². The highest BCUT2D eigenvalue weighted by Crippen LogP contribution is 2.49. The summed E-state index contributed by atoms with van der Waals surface area (Å²) in [7, 11) is 0. The summed E-state index contributed by atoms with van der Waals surface area (Å²) < 4.78 is 1.83. The first kappa shape index (κ1) is 38.5. The van der Waals surface area contributed by atoms with E-state index in [2.05, 4.69) is 15.2 Å². The van der Waals surface area contributed by atoms with Crippen LogP contribution in [0.4, 0.5) is 5.13 Å². The summed E-state index contributed by atoms with van der Waals surface area (Å²) in [6.45, 7) is 2.60. The molecule has 8 N–H and O–H groups in total. The minimum atomic E-state index is -1.92. The number of thioether (sulfide) groups is 1. The molecular weight excluding hydrogens is 779 g/mol. The lowest BCUT2D eigenvalue weighted by atomic mass is 9.70. The third-order valence-electron chi connectivity index (χ3n) is 11.1. The predicted molar refractivity (Wildman–Crippen MR) is 197 cm³/mol. The fourth-order valence-electron chi connectivity index (χ4n) is 8.10. The van der Waals surface area contributed by atoms with E-state index in [-0.39, 0.29) is 45.0 Å². The number of carboxylic acids is 3. The number of thiazole rings is 1. The molecule has 56 heavy (non-hydrogen) atoms. The molecule has 4 saturated heterocycles. The molecule has 7 heterocycles. The molecule has 0 unspecified atom stereocenters. The minimum Gasteiger partial charge on any atom is -0.504 e. The van der Waals surface area contributed by atoms with Gasteiger partial charge >= 0.3 is 17.9 Å². The van der Waals surface area contributed by atoms with E-state index in [4.69, 9.17) is 15.7 Å². The third kappa shape index (κ3) is 6.98. The summed E-state index contributed by atoms with van der Waals surface area (Å²) in [4.78, 5) is 98.7. The molecule has 0 radical (unpaired) electrons. The van der Waals surface area contributed by atoms with Gasteiger partial charge in [0, 0.05) is 54.3 Å². The number of hydrogen-bond acceptors (Lipinski definition) is 15. The van der Waals surface area contributed by atoms with Crippen LogP contribution in [-0.2, 0) is 35.4 Å². The number of β-lactam (4-membered cyclic amide) rings is 1. The number of piperidine rings is 3. The number of nitrogens with zero attached hydrogens (tertiary/aromatic N) is 5. The van der Waals surface area contributed by atoms with Gasteiger partial charge in [-0.1, -0.05) is 5.16 Å². The zero-order valence-corrected chi connectivity index (χ0v) is 31.0. The van der Waals surface area contributed by atoms with Crippen molar-refractivity contribution in [3.63, 3.8) is 0 Å². The van der Waals surface area contributed by atoms with Crippen molar-refractivity contribution in [2.75, 3.05) is 37.7 Å². The van der Waals surface area contributed by atoms with Crippen LogP contribution in [0.1, 0.15) is 37.8 Å². The molecule has 0 aliphatic carbocycles. The number of fused-ring (bicyclic) bond motifs is 5. The Morgan fingerprint density at radius 3 is 2.30 bits per heavy atom.